The van der Waals surface area contributed by atoms with Gasteiger partial charge >= 0.3 is 0 Å². The largest absolute Gasteiger partial charge is 0.354 e. The lowest BCUT2D eigenvalue weighted by atomic mass is 10.1. The Hall–Kier alpha value is -2.87. The van der Waals surface area contributed by atoms with Gasteiger partial charge in [0.15, 0.2) is 0 Å². The molecule has 0 aliphatic heterocycles. The van der Waals surface area contributed by atoms with Crippen molar-refractivity contribution in [1.82, 2.24) is 10.2 Å². The van der Waals surface area contributed by atoms with Crippen molar-refractivity contribution in [1.29, 1.82) is 0 Å². The highest BCUT2D eigenvalue weighted by atomic mass is 32.2. The van der Waals surface area contributed by atoms with E-state index in [-0.39, 0.29) is 24.8 Å². The van der Waals surface area contributed by atoms with Gasteiger partial charge in [-0.2, -0.15) is 0 Å². The van der Waals surface area contributed by atoms with Crippen molar-refractivity contribution in [2.75, 3.05) is 23.7 Å². The highest BCUT2D eigenvalue weighted by Crippen LogP contribution is 2.25. The maximum Gasteiger partial charge on any atom is 0.242 e. The molecular weight excluding hydrogens is 462 g/mol. The summed E-state index contributed by atoms with van der Waals surface area (Å²) in [6.07, 6.45) is 2.46. The molecule has 0 unspecified atom stereocenters. The van der Waals surface area contributed by atoms with E-state index in [1.54, 1.807) is 17.9 Å². The van der Waals surface area contributed by atoms with Gasteiger partial charge in [0.25, 0.3) is 0 Å². The molecule has 0 radical (unpaired) electrons. The molecule has 0 aliphatic rings. The van der Waals surface area contributed by atoms with E-state index in [0.717, 1.165) is 28.7 Å². The normalized spacial score (nSPS) is 12.2. The number of sulfonamides is 1. The molecular formula is C27H39N3O4S. The fraction of sp³-hybridized carbons (Fsp3) is 0.481. The quantitative estimate of drug-likeness (QED) is 0.474. The second-order valence-electron chi connectivity index (χ2n) is 9.14. The van der Waals surface area contributed by atoms with E-state index in [1.807, 2.05) is 64.1 Å². The molecule has 8 heteroatoms. The van der Waals surface area contributed by atoms with Gasteiger partial charge in [-0.1, -0.05) is 48.9 Å². The van der Waals surface area contributed by atoms with Crippen LogP contribution in [0, 0.1) is 20.8 Å². The van der Waals surface area contributed by atoms with Gasteiger partial charge < -0.3 is 10.2 Å². The molecule has 0 fully saturated rings. The maximum absolute atomic E-state index is 13.3. The van der Waals surface area contributed by atoms with Gasteiger partial charge in [0.1, 0.15) is 6.04 Å². The van der Waals surface area contributed by atoms with Crippen LogP contribution >= 0.6 is 0 Å². The van der Waals surface area contributed by atoms with Crippen molar-refractivity contribution in [3.05, 3.63) is 64.7 Å². The predicted octanol–water partition coefficient (Wildman–Crippen LogP) is 4.10. The molecule has 7 nitrogen and oxygen atoms in total. The van der Waals surface area contributed by atoms with Crippen molar-refractivity contribution < 1.29 is 18.0 Å². The second kappa shape index (κ2) is 12.7. The van der Waals surface area contributed by atoms with Crippen LogP contribution < -0.4 is 9.62 Å². The molecule has 1 N–H and O–H groups in total. The average molecular weight is 502 g/mol. The van der Waals surface area contributed by atoms with Crippen molar-refractivity contribution >= 4 is 27.5 Å². The van der Waals surface area contributed by atoms with Crippen LogP contribution in [-0.2, 0) is 26.2 Å². The van der Waals surface area contributed by atoms with Gasteiger partial charge in [0, 0.05) is 26.1 Å². The summed E-state index contributed by atoms with van der Waals surface area (Å²) >= 11 is 0. The molecule has 2 aromatic rings. The first-order valence-corrected chi connectivity index (χ1v) is 14.0. The SMILES string of the molecule is CCCNC(=O)[C@H](C)N(Cc1cccc(C)c1)C(=O)CCCN(c1cccc(C)c1C)S(C)(=O)=O. The fourth-order valence-corrected chi connectivity index (χ4v) is 4.99. The average Bonchev–Trinajstić information content (AvgIpc) is 2.79. The Kier molecular flexibility index (Phi) is 10.3. The number of nitrogens with zero attached hydrogens (tertiary/aromatic N) is 2. The molecule has 2 aromatic carbocycles. The van der Waals surface area contributed by atoms with Crippen LogP contribution in [0.3, 0.4) is 0 Å². The molecule has 192 valence electrons. The van der Waals surface area contributed by atoms with E-state index in [2.05, 4.69) is 5.32 Å². The zero-order valence-electron chi connectivity index (χ0n) is 21.8. The third-order valence-corrected chi connectivity index (χ3v) is 7.33. The smallest absolute Gasteiger partial charge is 0.242 e. The number of aryl methyl sites for hydroxylation is 2. The van der Waals surface area contributed by atoms with E-state index in [4.69, 9.17) is 0 Å². The van der Waals surface area contributed by atoms with Crippen LogP contribution in [0.15, 0.2) is 42.5 Å². The lowest BCUT2D eigenvalue weighted by Crippen LogP contribution is -2.47. The van der Waals surface area contributed by atoms with Crippen LogP contribution in [0.4, 0.5) is 5.69 Å². The number of rotatable bonds is 12. The molecule has 2 amide bonds. The highest BCUT2D eigenvalue weighted by Gasteiger charge is 2.26. The van der Waals surface area contributed by atoms with Crippen molar-refractivity contribution in [3.8, 4) is 0 Å². The minimum absolute atomic E-state index is 0.133. The number of anilines is 1. The first-order chi connectivity index (χ1) is 16.5. The number of benzene rings is 2. The van der Waals surface area contributed by atoms with Gasteiger partial charge in [-0.25, -0.2) is 8.42 Å². The summed E-state index contributed by atoms with van der Waals surface area (Å²) in [5, 5.41) is 2.87. The van der Waals surface area contributed by atoms with Gasteiger partial charge in [-0.15, -0.1) is 0 Å². The van der Waals surface area contributed by atoms with Crippen LogP contribution in [0.2, 0.25) is 0 Å². The summed E-state index contributed by atoms with van der Waals surface area (Å²) < 4.78 is 26.5. The summed E-state index contributed by atoms with van der Waals surface area (Å²) in [5.41, 5.74) is 4.55. The summed E-state index contributed by atoms with van der Waals surface area (Å²) in [7, 11) is -3.52. The Morgan fingerprint density at radius 3 is 2.37 bits per heavy atom. The molecule has 0 aromatic heterocycles. The third kappa shape index (κ3) is 8.09. The first kappa shape index (κ1) is 28.4. The Morgan fingerprint density at radius 2 is 1.74 bits per heavy atom. The first-order valence-electron chi connectivity index (χ1n) is 12.1. The molecule has 2 rings (SSSR count). The zero-order chi connectivity index (χ0) is 26.2. The molecule has 0 heterocycles. The Bertz CT molecular complexity index is 1130. The lowest BCUT2D eigenvalue weighted by molar-refractivity contribution is -0.140. The van der Waals surface area contributed by atoms with Crippen molar-refractivity contribution in [2.24, 2.45) is 0 Å². The van der Waals surface area contributed by atoms with E-state index in [0.29, 0.717) is 25.2 Å². The summed E-state index contributed by atoms with van der Waals surface area (Å²) in [4.78, 5) is 27.6. The molecule has 35 heavy (non-hydrogen) atoms. The summed E-state index contributed by atoms with van der Waals surface area (Å²) in [6, 6.07) is 12.8. The predicted molar refractivity (Wildman–Crippen MR) is 142 cm³/mol. The number of carbonyl (C=O) groups excluding carboxylic acids is 2. The van der Waals surface area contributed by atoms with Crippen LogP contribution in [0.1, 0.15) is 55.4 Å². The number of carbonyl (C=O) groups is 2. The van der Waals surface area contributed by atoms with E-state index in [9.17, 15) is 18.0 Å². The molecule has 0 bridgehead atoms. The topological polar surface area (TPSA) is 86.8 Å². The summed E-state index contributed by atoms with van der Waals surface area (Å²) in [5.74, 6) is -0.374. The minimum atomic E-state index is -3.52. The van der Waals surface area contributed by atoms with Crippen LogP contribution in [-0.4, -0.2) is 50.5 Å². The molecule has 0 saturated heterocycles. The fourth-order valence-electron chi connectivity index (χ4n) is 3.97. The number of nitrogens with one attached hydrogen (secondary N) is 1. The highest BCUT2D eigenvalue weighted by molar-refractivity contribution is 7.92. The number of hydrogen-bond acceptors (Lipinski definition) is 4. The van der Waals surface area contributed by atoms with E-state index in [1.165, 1.54) is 10.6 Å². The van der Waals surface area contributed by atoms with Gasteiger partial charge in [0.05, 0.1) is 11.9 Å². The van der Waals surface area contributed by atoms with E-state index < -0.39 is 16.1 Å². The lowest BCUT2D eigenvalue weighted by Gasteiger charge is -2.30. The zero-order valence-corrected chi connectivity index (χ0v) is 22.6. The molecule has 0 spiro atoms. The third-order valence-electron chi connectivity index (χ3n) is 6.15. The monoisotopic (exact) mass is 501 g/mol. The Balaban J connectivity index is 2.19. The van der Waals surface area contributed by atoms with Crippen LogP contribution in [0.25, 0.3) is 0 Å². The number of amides is 2. The standard InChI is InChI=1S/C27H39N3O4S/c1-7-16-28-27(32)23(5)29(19-24-13-8-11-20(2)18-24)26(31)15-10-17-30(35(6,33)34)25-14-9-12-21(3)22(25)4/h8-9,11-14,18,23H,7,10,15-17,19H2,1-6H3,(H,28,32)/t23-/m0/s1. The Labute approximate surface area is 210 Å². The van der Waals surface area contributed by atoms with Crippen molar-refractivity contribution in [2.45, 2.75) is 66.5 Å². The number of hydrogen-bond donors (Lipinski definition) is 1. The maximum atomic E-state index is 13.3. The van der Waals surface area contributed by atoms with Gasteiger partial charge in [0.2, 0.25) is 21.8 Å². The molecule has 1 atom stereocenters. The summed E-state index contributed by atoms with van der Waals surface area (Å²) in [6.45, 7) is 10.6. The van der Waals surface area contributed by atoms with Gasteiger partial charge in [-0.05, 0) is 63.3 Å². The van der Waals surface area contributed by atoms with Gasteiger partial charge in [-0.3, -0.25) is 13.9 Å². The minimum Gasteiger partial charge on any atom is -0.354 e. The molecule has 0 aliphatic carbocycles. The van der Waals surface area contributed by atoms with E-state index >= 15 is 0 Å². The second-order valence-corrected chi connectivity index (χ2v) is 11.0. The van der Waals surface area contributed by atoms with Crippen molar-refractivity contribution in [3.63, 3.8) is 0 Å². The molecule has 0 saturated carbocycles. The Morgan fingerprint density at radius 1 is 1.06 bits per heavy atom. The van der Waals surface area contributed by atoms with Crippen LogP contribution in [0.5, 0.6) is 0 Å².